The minimum absolute atomic E-state index is 0.169. The molecule has 0 saturated carbocycles. The fourth-order valence-electron chi connectivity index (χ4n) is 2.70. The van der Waals surface area contributed by atoms with Gasteiger partial charge in [0, 0.05) is 22.5 Å². The van der Waals surface area contributed by atoms with Crippen LogP contribution in [0.25, 0.3) is 10.1 Å². The molecule has 0 aliphatic heterocycles. The van der Waals surface area contributed by atoms with E-state index in [4.69, 9.17) is 0 Å². The average Bonchev–Trinajstić information content (AvgIpc) is 3.02. The summed E-state index contributed by atoms with van der Waals surface area (Å²) >= 11 is 1.53. The Bertz CT molecular complexity index is 870. The van der Waals surface area contributed by atoms with Crippen molar-refractivity contribution in [3.8, 4) is 0 Å². The van der Waals surface area contributed by atoms with Crippen LogP contribution in [0, 0.1) is 5.41 Å². The molecule has 4 nitrogen and oxygen atoms in total. The third kappa shape index (κ3) is 3.72. The molecule has 3 aromatic rings. The standard InChI is InChI=1S/C20H19NO3S/c1-20(19(23)24,18(22)21-13-14-7-3-2-4-8-14)12-16-11-15-9-5-6-10-17(15)25-16/h2-11H,12-13H2,1H3,(H,21,22)(H,23,24). The Morgan fingerprint density at radius 1 is 1.08 bits per heavy atom. The molecule has 0 radical (unpaired) electrons. The predicted octanol–water partition coefficient (Wildman–Crippen LogP) is 3.85. The van der Waals surface area contributed by atoms with E-state index in [0.29, 0.717) is 6.54 Å². The highest BCUT2D eigenvalue weighted by Gasteiger charge is 2.41. The first-order valence-electron chi connectivity index (χ1n) is 8.02. The molecule has 0 bridgehead atoms. The zero-order chi connectivity index (χ0) is 17.9. The van der Waals surface area contributed by atoms with Gasteiger partial charge in [-0.05, 0) is 30.0 Å². The second-order valence-corrected chi connectivity index (χ2v) is 7.40. The van der Waals surface area contributed by atoms with Gasteiger partial charge in [-0.3, -0.25) is 9.59 Å². The summed E-state index contributed by atoms with van der Waals surface area (Å²) in [6.07, 6.45) is 0.169. The van der Waals surface area contributed by atoms with E-state index in [1.807, 2.05) is 60.7 Å². The molecule has 0 fully saturated rings. The number of carboxylic acid groups (broad SMARTS) is 1. The number of thiophene rings is 1. The number of rotatable bonds is 6. The smallest absolute Gasteiger partial charge is 0.319 e. The largest absolute Gasteiger partial charge is 0.480 e. The molecule has 1 aromatic heterocycles. The summed E-state index contributed by atoms with van der Waals surface area (Å²) in [6.45, 7) is 1.80. The van der Waals surface area contributed by atoms with Gasteiger partial charge in [-0.15, -0.1) is 11.3 Å². The predicted molar refractivity (Wildman–Crippen MR) is 99.6 cm³/mol. The van der Waals surface area contributed by atoms with Crippen LogP contribution < -0.4 is 5.32 Å². The van der Waals surface area contributed by atoms with E-state index in [1.54, 1.807) is 0 Å². The van der Waals surface area contributed by atoms with E-state index in [0.717, 1.165) is 20.5 Å². The molecule has 1 atom stereocenters. The number of nitrogens with one attached hydrogen (secondary N) is 1. The maximum absolute atomic E-state index is 12.6. The molecule has 0 saturated heterocycles. The van der Waals surface area contributed by atoms with Crippen LogP contribution in [0.15, 0.2) is 60.7 Å². The van der Waals surface area contributed by atoms with E-state index < -0.39 is 17.3 Å². The van der Waals surface area contributed by atoms with Crippen LogP contribution >= 0.6 is 11.3 Å². The Morgan fingerprint density at radius 2 is 1.76 bits per heavy atom. The van der Waals surface area contributed by atoms with Crippen LogP contribution in [0.2, 0.25) is 0 Å². The van der Waals surface area contributed by atoms with Crippen LogP contribution in [0.5, 0.6) is 0 Å². The van der Waals surface area contributed by atoms with Gasteiger partial charge in [-0.2, -0.15) is 0 Å². The lowest BCUT2D eigenvalue weighted by Crippen LogP contribution is -2.45. The molecular formula is C20H19NO3S. The maximum Gasteiger partial charge on any atom is 0.319 e. The van der Waals surface area contributed by atoms with Gasteiger partial charge in [0.1, 0.15) is 5.41 Å². The van der Waals surface area contributed by atoms with Gasteiger partial charge < -0.3 is 10.4 Å². The SMILES string of the molecule is CC(Cc1cc2ccccc2s1)(C(=O)O)C(=O)NCc1ccccc1. The zero-order valence-electron chi connectivity index (χ0n) is 13.9. The first kappa shape index (κ1) is 17.2. The Morgan fingerprint density at radius 3 is 2.44 bits per heavy atom. The van der Waals surface area contributed by atoms with Crippen molar-refractivity contribution in [3.63, 3.8) is 0 Å². The molecule has 1 heterocycles. The lowest BCUT2D eigenvalue weighted by Gasteiger charge is -2.23. The van der Waals surface area contributed by atoms with Gasteiger partial charge in [0.2, 0.25) is 5.91 Å². The topological polar surface area (TPSA) is 66.4 Å². The lowest BCUT2D eigenvalue weighted by molar-refractivity contribution is -0.154. The number of aliphatic carboxylic acids is 1. The van der Waals surface area contributed by atoms with Crippen molar-refractivity contribution < 1.29 is 14.7 Å². The summed E-state index contributed by atoms with van der Waals surface area (Å²) in [5.41, 5.74) is -0.569. The molecule has 2 aromatic carbocycles. The first-order chi connectivity index (χ1) is 12.0. The van der Waals surface area contributed by atoms with Gasteiger partial charge in [0.05, 0.1) is 0 Å². The minimum atomic E-state index is -1.50. The summed E-state index contributed by atoms with van der Waals surface area (Å²) in [5, 5.41) is 13.5. The van der Waals surface area contributed by atoms with Crippen LogP contribution in [-0.2, 0) is 22.6 Å². The molecule has 25 heavy (non-hydrogen) atoms. The first-order valence-corrected chi connectivity index (χ1v) is 8.84. The number of benzene rings is 2. The number of hydrogen-bond donors (Lipinski definition) is 2. The van der Waals surface area contributed by atoms with Crippen LogP contribution in [0.4, 0.5) is 0 Å². The molecule has 1 amide bonds. The highest BCUT2D eigenvalue weighted by molar-refractivity contribution is 7.19. The highest BCUT2D eigenvalue weighted by Crippen LogP contribution is 2.31. The van der Waals surface area contributed by atoms with E-state index in [-0.39, 0.29) is 6.42 Å². The monoisotopic (exact) mass is 353 g/mol. The van der Waals surface area contributed by atoms with Gasteiger partial charge >= 0.3 is 5.97 Å². The van der Waals surface area contributed by atoms with Crippen molar-refractivity contribution in [2.24, 2.45) is 5.41 Å². The van der Waals surface area contributed by atoms with E-state index in [2.05, 4.69) is 5.32 Å². The number of carboxylic acids is 1. The second kappa shape index (κ2) is 7.07. The number of hydrogen-bond acceptors (Lipinski definition) is 3. The molecule has 0 spiro atoms. The van der Waals surface area contributed by atoms with Crippen molar-refractivity contribution >= 4 is 33.3 Å². The highest BCUT2D eigenvalue weighted by atomic mass is 32.1. The van der Waals surface area contributed by atoms with Gasteiger partial charge in [0.25, 0.3) is 0 Å². The summed E-state index contributed by atoms with van der Waals surface area (Å²) in [6, 6.07) is 19.3. The zero-order valence-corrected chi connectivity index (χ0v) is 14.7. The van der Waals surface area contributed by atoms with Crippen molar-refractivity contribution in [1.82, 2.24) is 5.32 Å². The van der Waals surface area contributed by atoms with E-state index >= 15 is 0 Å². The average molecular weight is 353 g/mol. The quantitative estimate of drug-likeness (QED) is 0.662. The molecule has 0 aliphatic carbocycles. The molecule has 5 heteroatoms. The maximum atomic E-state index is 12.6. The van der Waals surface area contributed by atoms with Crippen LogP contribution in [0.1, 0.15) is 17.4 Å². The molecular weight excluding hydrogens is 334 g/mol. The van der Waals surface area contributed by atoms with Crippen LogP contribution in [0.3, 0.4) is 0 Å². The van der Waals surface area contributed by atoms with Gasteiger partial charge in [-0.1, -0.05) is 48.5 Å². The Labute approximate surface area is 150 Å². The molecule has 0 aliphatic rings. The Balaban J connectivity index is 1.77. The normalized spacial score (nSPS) is 13.3. The second-order valence-electron chi connectivity index (χ2n) is 6.23. The molecule has 3 rings (SSSR count). The molecule has 2 N–H and O–H groups in total. The third-order valence-electron chi connectivity index (χ3n) is 4.27. The van der Waals surface area contributed by atoms with Crippen LogP contribution in [-0.4, -0.2) is 17.0 Å². The number of carbonyl (C=O) groups is 2. The van der Waals surface area contributed by atoms with Gasteiger partial charge in [0.15, 0.2) is 0 Å². The van der Waals surface area contributed by atoms with Crippen molar-refractivity contribution in [2.75, 3.05) is 0 Å². The molecule has 128 valence electrons. The number of carbonyl (C=O) groups excluding carboxylic acids is 1. The Hall–Kier alpha value is -2.66. The number of fused-ring (bicyclic) bond motifs is 1. The minimum Gasteiger partial charge on any atom is -0.480 e. The Kier molecular flexibility index (Phi) is 4.86. The van der Waals surface area contributed by atoms with Crippen molar-refractivity contribution in [2.45, 2.75) is 19.9 Å². The summed E-state index contributed by atoms with van der Waals surface area (Å²) in [4.78, 5) is 25.3. The van der Waals surface area contributed by atoms with Gasteiger partial charge in [-0.25, -0.2) is 0 Å². The fourth-order valence-corrected chi connectivity index (χ4v) is 3.92. The van der Waals surface area contributed by atoms with E-state index in [9.17, 15) is 14.7 Å². The van der Waals surface area contributed by atoms with E-state index in [1.165, 1.54) is 18.3 Å². The molecule has 1 unspecified atom stereocenters. The summed E-state index contributed by atoms with van der Waals surface area (Å²) in [5.74, 6) is -1.59. The lowest BCUT2D eigenvalue weighted by atomic mass is 9.85. The third-order valence-corrected chi connectivity index (χ3v) is 5.39. The van der Waals surface area contributed by atoms with Crippen molar-refractivity contribution in [3.05, 3.63) is 71.1 Å². The number of amides is 1. The summed E-state index contributed by atoms with van der Waals surface area (Å²) < 4.78 is 1.09. The summed E-state index contributed by atoms with van der Waals surface area (Å²) in [7, 11) is 0. The fraction of sp³-hybridized carbons (Fsp3) is 0.200. The van der Waals surface area contributed by atoms with Crippen molar-refractivity contribution in [1.29, 1.82) is 0 Å².